The molecule has 0 unspecified atom stereocenters. The van der Waals surface area contributed by atoms with Gasteiger partial charge in [0.25, 0.3) is 0 Å². The van der Waals surface area contributed by atoms with Crippen molar-refractivity contribution in [3.8, 4) is 33.8 Å². The Morgan fingerprint density at radius 2 is 1.18 bits per heavy atom. The van der Waals surface area contributed by atoms with Crippen molar-refractivity contribution in [2.45, 2.75) is 6.42 Å². The molecule has 0 saturated carbocycles. The average molecular weight is 1080 g/mol. The highest BCUT2D eigenvalue weighted by Gasteiger charge is 2.20. The molecule has 8 N–H and O–H groups in total. The van der Waals surface area contributed by atoms with Crippen molar-refractivity contribution in [3.63, 3.8) is 0 Å². The highest BCUT2D eigenvalue weighted by molar-refractivity contribution is 14.1. The van der Waals surface area contributed by atoms with Crippen LogP contribution in [0.3, 0.4) is 0 Å². The number of ether oxygens (including phenoxy) is 2. The van der Waals surface area contributed by atoms with Gasteiger partial charge in [0.1, 0.15) is 41.4 Å². The lowest BCUT2D eigenvalue weighted by atomic mass is 10.1. The van der Waals surface area contributed by atoms with Gasteiger partial charge in [-0.15, -0.1) is 0 Å². The van der Waals surface area contributed by atoms with Gasteiger partial charge in [-0.3, -0.25) is 24.9 Å². The number of pyridine rings is 2. The maximum Gasteiger partial charge on any atom is 0.228 e. The van der Waals surface area contributed by atoms with Crippen LogP contribution in [0, 0.1) is 0 Å². The van der Waals surface area contributed by atoms with E-state index >= 15 is 0 Å². The van der Waals surface area contributed by atoms with Crippen molar-refractivity contribution >= 4 is 85.1 Å². The number of aliphatic imine (C=N–C) groups is 1. The molecule has 3 aliphatic heterocycles. The molecule has 2 saturated heterocycles. The van der Waals surface area contributed by atoms with Crippen LogP contribution in [0.15, 0.2) is 145 Å². The summed E-state index contributed by atoms with van der Waals surface area (Å²) in [7, 11) is 0. The first kappa shape index (κ1) is 47.6. The molecule has 0 aliphatic carbocycles. The maximum absolute atomic E-state index is 12.6. The van der Waals surface area contributed by atoms with Gasteiger partial charge in [-0.1, -0.05) is 46.9 Å². The van der Waals surface area contributed by atoms with Crippen molar-refractivity contribution in [3.05, 3.63) is 146 Å². The third kappa shape index (κ3) is 12.1. The SMILES string of the molecule is Nc1cc(-c2ccncc2)[nH]n1.Nc1ccc(-c2cc3c(N4CCOCC4)ncnc3[nH]2)cc1.O=C(CC1=CC(c2ccncc2)=NC1)Nc1ccc(-c2cc3c(N4CCOCC4)ncnc3[nH]2)cc1.[2H]CI. The van der Waals surface area contributed by atoms with Gasteiger partial charge in [0.05, 0.1) is 61.6 Å². The van der Waals surface area contributed by atoms with Crippen LogP contribution in [0.2, 0.25) is 0 Å². The van der Waals surface area contributed by atoms with E-state index in [0.717, 1.165) is 135 Å². The number of amides is 1. The fraction of sp³-hybridized carbons (Fsp3) is 0.212. The van der Waals surface area contributed by atoms with Gasteiger partial charge in [0, 0.05) is 92.3 Å². The molecule has 3 aliphatic rings. The molecule has 0 spiro atoms. The zero-order valence-corrected chi connectivity index (χ0v) is 41.4. The van der Waals surface area contributed by atoms with Gasteiger partial charge in [0.15, 0.2) is 0 Å². The number of aromatic nitrogens is 10. The second kappa shape index (κ2) is 23.7. The number of allylic oxidation sites excluding steroid dienone is 1. The van der Waals surface area contributed by atoms with E-state index in [1.807, 2.05) is 101 Å². The maximum atomic E-state index is 12.6. The number of alkyl halides is 1. The minimum Gasteiger partial charge on any atom is -0.399 e. The van der Waals surface area contributed by atoms with E-state index < -0.39 is 0 Å². The number of nitrogens with one attached hydrogen (secondary N) is 4. The van der Waals surface area contributed by atoms with E-state index in [0.29, 0.717) is 36.9 Å². The zero-order valence-electron chi connectivity index (χ0n) is 40.2. The monoisotopic (exact) mass is 1080 g/mol. The van der Waals surface area contributed by atoms with Crippen LogP contribution < -0.4 is 26.6 Å². The number of morpholine rings is 2. The van der Waals surface area contributed by atoms with Crippen LogP contribution in [-0.2, 0) is 14.3 Å². The van der Waals surface area contributed by atoms with Crippen molar-refractivity contribution in [2.24, 2.45) is 4.99 Å². The summed E-state index contributed by atoms with van der Waals surface area (Å²) >= 11 is 1.96. The van der Waals surface area contributed by atoms with Gasteiger partial charge in [-0.05, 0) is 88.3 Å². The van der Waals surface area contributed by atoms with Gasteiger partial charge in [-0.25, -0.2) is 19.9 Å². The molecule has 12 rings (SSSR count). The molecule has 366 valence electrons. The minimum absolute atomic E-state index is 0.0591. The molecule has 0 bridgehead atoms. The Kier molecular flexibility index (Phi) is 15.7. The molecule has 1 amide bonds. The number of nitrogen functional groups attached to an aromatic ring is 2. The number of benzene rings is 2. The molecule has 2 fully saturated rings. The molecule has 9 aromatic rings. The Labute approximate surface area is 430 Å². The number of nitrogens with two attached hydrogens (primary N) is 2. The number of nitrogens with zero attached hydrogens (tertiary/aromatic N) is 10. The summed E-state index contributed by atoms with van der Waals surface area (Å²) in [6, 6.07) is 29.2. The summed E-state index contributed by atoms with van der Waals surface area (Å²) in [4.78, 5) is 54.6. The number of hydrogen-bond donors (Lipinski definition) is 6. The standard InChI is InChI=1S/C27H25N7O2.C16H17N5O.C8H8N4.CH3I/c35-25(14-18-13-23(29-16-18)20-5-7-28-8-6-20)32-21-3-1-19(2-4-21)24-15-22-26(33-24)30-17-31-27(22)34-9-11-36-12-10-34;17-12-3-1-11(2-4-12)14-9-13-15(20-14)18-10-19-16(13)21-5-7-22-8-6-21;9-8-5-7(11-12-8)6-1-3-10-4-2-6;1-2/h1-8,13,15,17H,9-12,14,16H2,(H,32,35)(H,30,31,33);1-4,9-10H,5-8,17H2,(H,18,19,20);1-5H,(H3,9,11,12);1H3/i;;;1D. The number of anilines is 5. The predicted octanol–water partition coefficient (Wildman–Crippen LogP) is 7.76. The Balaban J connectivity index is 0.000000149. The van der Waals surface area contributed by atoms with Crippen LogP contribution in [0.1, 0.15) is 13.4 Å². The number of rotatable bonds is 9. The van der Waals surface area contributed by atoms with Crippen LogP contribution >= 0.6 is 22.6 Å². The number of fused-ring (bicyclic) bond motifs is 2. The smallest absolute Gasteiger partial charge is 0.228 e. The summed E-state index contributed by atoms with van der Waals surface area (Å²) in [5, 5.41) is 11.7. The van der Waals surface area contributed by atoms with E-state index in [4.69, 9.17) is 22.3 Å². The number of carbonyl (C=O) groups excluding carboxylic acids is 1. The highest BCUT2D eigenvalue weighted by Crippen LogP contribution is 2.31. The van der Waals surface area contributed by atoms with Crippen molar-refractivity contribution < 1.29 is 15.6 Å². The van der Waals surface area contributed by atoms with E-state index in [-0.39, 0.29) is 5.91 Å². The number of carbonyl (C=O) groups is 1. The van der Waals surface area contributed by atoms with Gasteiger partial charge < -0.3 is 46.0 Å². The Hall–Kier alpha value is -8.08. The quantitative estimate of drug-likeness (QED) is 0.0459. The van der Waals surface area contributed by atoms with E-state index in [1.165, 1.54) is 0 Å². The number of hydrogen-bond acceptors (Lipinski definition) is 15. The lowest BCUT2D eigenvalue weighted by Gasteiger charge is -2.27. The molecule has 0 radical (unpaired) electrons. The van der Waals surface area contributed by atoms with Crippen molar-refractivity contribution in [2.75, 3.05) is 90.6 Å². The molecular formula is C52H53IN16O3. The second-order valence-corrected chi connectivity index (χ2v) is 16.6. The fourth-order valence-corrected chi connectivity index (χ4v) is 8.32. The second-order valence-electron chi connectivity index (χ2n) is 16.6. The third-order valence-electron chi connectivity index (χ3n) is 11.9. The van der Waals surface area contributed by atoms with Gasteiger partial charge in [-0.2, -0.15) is 5.10 Å². The molecule has 10 heterocycles. The van der Waals surface area contributed by atoms with E-state index in [1.54, 1.807) is 43.5 Å². The molecule has 2 aromatic carbocycles. The normalized spacial score (nSPS) is 14.4. The first-order chi connectivity index (χ1) is 35.8. The highest BCUT2D eigenvalue weighted by atomic mass is 127. The first-order valence-corrected chi connectivity index (χ1v) is 24.6. The molecule has 0 atom stereocenters. The number of H-pyrrole nitrogens is 3. The Bertz CT molecular complexity index is 3280. The summed E-state index contributed by atoms with van der Waals surface area (Å²) in [5.41, 5.74) is 23.3. The summed E-state index contributed by atoms with van der Waals surface area (Å²) < 4.78 is 17.1. The Morgan fingerprint density at radius 1 is 0.681 bits per heavy atom. The van der Waals surface area contributed by atoms with E-state index in [2.05, 4.69) is 82.3 Å². The largest absolute Gasteiger partial charge is 0.399 e. The Morgan fingerprint density at radius 3 is 1.69 bits per heavy atom. The fourth-order valence-electron chi connectivity index (χ4n) is 8.32. The summed E-state index contributed by atoms with van der Waals surface area (Å²) in [6.07, 6.45) is 12.4. The van der Waals surface area contributed by atoms with Gasteiger partial charge in [0.2, 0.25) is 5.91 Å². The van der Waals surface area contributed by atoms with Crippen LogP contribution in [0.5, 0.6) is 0 Å². The molecule has 7 aromatic heterocycles. The lowest BCUT2D eigenvalue weighted by Crippen LogP contribution is -2.36. The predicted molar refractivity (Wildman–Crippen MR) is 292 cm³/mol. The number of aromatic amines is 3. The molecule has 20 heteroatoms. The third-order valence-corrected chi connectivity index (χ3v) is 11.9. The average Bonchev–Trinajstić information content (AvgIpc) is 4.28. The lowest BCUT2D eigenvalue weighted by molar-refractivity contribution is -0.115. The van der Waals surface area contributed by atoms with E-state index in [9.17, 15) is 4.79 Å². The summed E-state index contributed by atoms with van der Waals surface area (Å²) in [6.45, 7) is 6.76. The molecular weight excluding hydrogens is 1020 g/mol. The molecule has 72 heavy (non-hydrogen) atoms. The topological polar surface area (TPSA) is 256 Å². The van der Waals surface area contributed by atoms with Crippen LogP contribution in [0.25, 0.3) is 55.8 Å². The first-order valence-electron chi connectivity index (χ1n) is 23.8. The number of halogens is 1. The van der Waals surface area contributed by atoms with Crippen LogP contribution in [0.4, 0.5) is 28.8 Å². The van der Waals surface area contributed by atoms with Crippen molar-refractivity contribution in [1.29, 1.82) is 0 Å². The zero-order chi connectivity index (χ0) is 50.4. The van der Waals surface area contributed by atoms with Crippen LogP contribution in [-0.4, -0.2) is 126 Å². The van der Waals surface area contributed by atoms with Gasteiger partial charge >= 0.3 is 0 Å². The molecule has 19 nitrogen and oxygen atoms in total. The van der Waals surface area contributed by atoms with Crippen molar-refractivity contribution in [1.82, 2.24) is 50.1 Å². The minimum atomic E-state index is -0.0591. The summed E-state index contributed by atoms with van der Waals surface area (Å²) in [5.74, 6) is 2.33.